The summed E-state index contributed by atoms with van der Waals surface area (Å²) in [6.07, 6.45) is 0. The third kappa shape index (κ3) is 6.13. The van der Waals surface area contributed by atoms with E-state index in [1.54, 1.807) is 20.2 Å². The maximum absolute atomic E-state index is 13.9. The molecule has 7 heteroatoms. The van der Waals surface area contributed by atoms with Crippen LogP contribution in [0.15, 0.2) is 41.4 Å². The summed E-state index contributed by atoms with van der Waals surface area (Å²) in [6, 6.07) is 10.7. The van der Waals surface area contributed by atoms with Crippen molar-refractivity contribution in [3.63, 3.8) is 0 Å². The molecule has 0 aliphatic carbocycles. The molecule has 28 heavy (non-hydrogen) atoms. The molecule has 0 atom stereocenters. The number of anilines is 1. The Balaban J connectivity index is 2.05. The van der Waals surface area contributed by atoms with Gasteiger partial charge in [0.25, 0.3) is 0 Å². The van der Waals surface area contributed by atoms with Gasteiger partial charge in [0.05, 0.1) is 13.7 Å². The molecule has 0 aliphatic heterocycles. The average molecular weight is 388 g/mol. The number of rotatable bonds is 8. The largest absolute Gasteiger partial charge is 0.493 e. The molecule has 2 aromatic rings. The highest BCUT2D eigenvalue weighted by atomic mass is 19.1. The number of hydrogen-bond donors (Lipinski definition) is 2. The first-order chi connectivity index (χ1) is 13.5. The van der Waals surface area contributed by atoms with Gasteiger partial charge in [-0.25, -0.2) is 4.39 Å². The lowest BCUT2D eigenvalue weighted by Crippen LogP contribution is -2.30. The SMILES string of the molecule is CCOc1cc(NC(=NC)NCc2ccc(F)c(CN(C)C)c2)ccc1OC. The van der Waals surface area contributed by atoms with Crippen molar-refractivity contribution in [2.24, 2.45) is 4.99 Å². The Morgan fingerprint density at radius 3 is 2.57 bits per heavy atom. The van der Waals surface area contributed by atoms with Crippen molar-refractivity contribution in [2.75, 3.05) is 40.2 Å². The highest BCUT2D eigenvalue weighted by Crippen LogP contribution is 2.30. The van der Waals surface area contributed by atoms with Crippen molar-refractivity contribution in [3.05, 3.63) is 53.3 Å². The van der Waals surface area contributed by atoms with Crippen molar-refractivity contribution in [2.45, 2.75) is 20.0 Å². The zero-order valence-electron chi connectivity index (χ0n) is 17.2. The molecule has 0 aromatic heterocycles. The van der Waals surface area contributed by atoms with Crippen LogP contribution in [0.2, 0.25) is 0 Å². The summed E-state index contributed by atoms with van der Waals surface area (Å²) in [6.45, 7) is 3.55. The van der Waals surface area contributed by atoms with Crippen molar-refractivity contribution in [1.82, 2.24) is 10.2 Å². The van der Waals surface area contributed by atoms with Gasteiger partial charge in [0.2, 0.25) is 0 Å². The molecule has 152 valence electrons. The Labute approximate surface area is 166 Å². The maximum atomic E-state index is 13.9. The molecule has 0 aliphatic rings. The van der Waals surface area contributed by atoms with Crippen LogP contribution >= 0.6 is 0 Å². The highest BCUT2D eigenvalue weighted by Gasteiger charge is 2.08. The molecule has 0 spiro atoms. The number of nitrogens with one attached hydrogen (secondary N) is 2. The minimum Gasteiger partial charge on any atom is -0.493 e. The van der Waals surface area contributed by atoms with E-state index in [1.165, 1.54) is 6.07 Å². The molecule has 0 unspecified atom stereocenters. The molecular formula is C21H29FN4O2. The number of guanidine groups is 1. The smallest absolute Gasteiger partial charge is 0.195 e. The van der Waals surface area contributed by atoms with Crippen LogP contribution in [-0.2, 0) is 13.1 Å². The molecule has 2 rings (SSSR count). The molecule has 0 saturated carbocycles. The van der Waals surface area contributed by atoms with Gasteiger partial charge in [-0.2, -0.15) is 0 Å². The summed E-state index contributed by atoms with van der Waals surface area (Å²) in [5.74, 6) is 1.75. The van der Waals surface area contributed by atoms with Crippen molar-refractivity contribution in [1.29, 1.82) is 0 Å². The maximum Gasteiger partial charge on any atom is 0.195 e. The summed E-state index contributed by atoms with van der Waals surface area (Å²) >= 11 is 0. The molecular weight excluding hydrogens is 359 g/mol. The van der Waals surface area contributed by atoms with E-state index in [9.17, 15) is 4.39 Å². The lowest BCUT2D eigenvalue weighted by molar-refractivity contribution is 0.311. The van der Waals surface area contributed by atoms with E-state index in [2.05, 4.69) is 15.6 Å². The first-order valence-electron chi connectivity index (χ1n) is 9.17. The van der Waals surface area contributed by atoms with Crippen molar-refractivity contribution in [3.8, 4) is 11.5 Å². The van der Waals surface area contributed by atoms with Gasteiger partial charge in [-0.15, -0.1) is 0 Å². The van der Waals surface area contributed by atoms with E-state index >= 15 is 0 Å². The molecule has 0 bridgehead atoms. The number of nitrogens with zero attached hydrogens (tertiary/aromatic N) is 2. The standard InChI is InChI=1S/C21H29FN4O2/c1-6-28-20-12-17(8-10-19(20)27-5)25-21(23-2)24-13-15-7-9-18(22)16(11-15)14-26(3)4/h7-12H,6,13-14H2,1-5H3,(H2,23,24,25). The van der Waals surface area contributed by atoms with E-state index in [1.807, 2.05) is 50.2 Å². The van der Waals surface area contributed by atoms with Crippen LogP contribution in [0.1, 0.15) is 18.1 Å². The molecule has 0 saturated heterocycles. The van der Waals surface area contributed by atoms with E-state index in [-0.39, 0.29) is 5.82 Å². The Hall–Kier alpha value is -2.80. The molecule has 0 heterocycles. The number of methoxy groups -OCH3 is 1. The van der Waals surface area contributed by atoms with Gasteiger partial charge in [0.15, 0.2) is 17.5 Å². The summed E-state index contributed by atoms with van der Waals surface area (Å²) in [7, 11) is 7.14. The van der Waals surface area contributed by atoms with Crippen LogP contribution in [0.4, 0.5) is 10.1 Å². The number of halogens is 1. The van der Waals surface area contributed by atoms with Crippen LogP contribution in [0.3, 0.4) is 0 Å². The first-order valence-corrected chi connectivity index (χ1v) is 9.17. The second kappa shape index (κ2) is 10.5. The van der Waals surface area contributed by atoms with Crippen LogP contribution < -0.4 is 20.1 Å². The summed E-state index contributed by atoms with van der Waals surface area (Å²) in [4.78, 5) is 6.19. The number of hydrogen-bond acceptors (Lipinski definition) is 4. The molecule has 0 fully saturated rings. The van der Waals surface area contributed by atoms with Gasteiger partial charge in [-0.05, 0) is 50.8 Å². The van der Waals surface area contributed by atoms with Gasteiger partial charge >= 0.3 is 0 Å². The molecule has 0 amide bonds. The lowest BCUT2D eigenvalue weighted by atomic mass is 10.1. The number of ether oxygens (including phenoxy) is 2. The van der Waals surface area contributed by atoms with E-state index in [0.29, 0.717) is 42.7 Å². The Kier molecular flexibility index (Phi) is 8.07. The fourth-order valence-electron chi connectivity index (χ4n) is 2.72. The van der Waals surface area contributed by atoms with Crippen molar-refractivity contribution >= 4 is 11.6 Å². The summed E-state index contributed by atoms with van der Waals surface area (Å²) in [5.41, 5.74) is 2.47. The zero-order valence-corrected chi connectivity index (χ0v) is 17.2. The van der Waals surface area contributed by atoms with Crippen LogP contribution in [0.5, 0.6) is 11.5 Å². The molecule has 2 N–H and O–H groups in total. The molecule has 0 radical (unpaired) electrons. The van der Waals surface area contributed by atoms with E-state index in [4.69, 9.17) is 9.47 Å². The highest BCUT2D eigenvalue weighted by molar-refractivity contribution is 5.93. The van der Waals surface area contributed by atoms with Gasteiger partial charge in [0, 0.05) is 37.5 Å². The van der Waals surface area contributed by atoms with Crippen LogP contribution in [0, 0.1) is 5.82 Å². The Morgan fingerprint density at radius 2 is 1.93 bits per heavy atom. The summed E-state index contributed by atoms with van der Waals surface area (Å²) < 4.78 is 24.8. The van der Waals surface area contributed by atoms with Crippen molar-refractivity contribution < 1.29 is 13.9 Å². The topological polar surface area (TPSA) is 58.1 Å². The van der Waals surface area contributed by atoms with Crippen LogP contribution in [0.25, 0.3) is 0 Å². The third-order valence-corrected chi connectivity index (χ3v) is 4.01. The fourth-order valence-corrected chi connectivity index (χ4v) is 2.72. The predicted molar refractivity (Wildman–Crippen MR) is 112 cm³/mol. The molecule has 6 nitrogen and oxygen atoms in total. The number of benzene rings is 2. The quantitative estimate of drug-likeness (QED) is 0.536. The lowest BCUT2D eigenvalue weighted by Gasteiger charge is -2.15. The van der Waals surface area contributed by atoms with Gasteiger partial charge in [-0.3, -0.25) is 4.99 Å². The summed E-state index contributed by atoms with van der Waals surface area (Å²) in [5, 5.41) is 6.47. The average Bonchev–Trinajstić information content (AvgIpc) is 2.67. The van der Waals surface area contributed by atoms with Crippen LogP contribution in [-0.4, -0.2) is 45.7 Å². The fraction of sp³-hybridized carbons (Fsp3) is 0.381. The zero-order chi connectivity index (χ0) is 20.5. The normalized spacial score (nSPS) is 11.5. The van der Waals surface area contributed by atoms with E-state index < -0.39 is 0 Å². The van der Waals surface area contributed by atoms with Gasteiger partial charge in [0.1, 0.15) is 5.82 Å². The van der Waals surface area contributed by atoms with Gasteiger partial charge in [-0.1, -0.05) is 6.07 Å². The minimum atomic E-state index is -0.193. The second-order valence-electron chi connectivity index (χ2n) is 6.51. The predicted octanol–water partition coefficient (Wildman–Crippen LogP) is 3.48. The first kappa shape index (κ1) is 21.5. The number of aliphatic imine (C=N–C) groups is 1. The Bertz CT molecular complexity index is 809. The van der Waals surface area contributed by atoms with Gasteiger partial charge < -0.3 is 25.0 Å². The molecule has 2 aromatic carbocycles. The minimum absolute atomic E-state index is 0.193. The third-order valence-electron chi connectivity index (χ3n) is 4.01. The second-order valence-corrected chi connectivity index (χ2v) is 6.51. The monoisotopic (exact) mass is 388 g/mol. The van der Waals surface area contributed by atoms with E-state index in [0.717, 1.165) is 11.3 Å². The Morgan fingerprint density at radius 1 is 1.14 bits per heavy atom.